The van der Waals surface area contributed by atoms with Gasteiger partial charge >= 0.3 is 0 Å². The van der Waals surface area contributed by atoms with Crippen LogP contribution in [0.15, 0.2) is 30.3 Å². The zero-order valence-electron chi connectivity index (χ0n) is 11.3. The summed E-state index contributed by atoms with van der Waals surface area (Å²) in [6.45, 7) is 0. The van der Waals surface area contributed by atoms with Gasteiger partial charge in [0.25, 0.3) is 0 Å². The van der Waals surface area contributed by atoms with E-state index in [1.165, 1.54) is 18.4 Å². The number of thioether (sulfide) groups is 1. The standard InChI is InChI=1S/C15H22N2OS/c1-19-10-9-13(16)15(18)17-14(12-7-8-12)11-5-3-2-4-6-11/h2-6,12-14H,7-10,16H2,1H3,(H,17,18)/t13-,14?/m1/s1. The molecule has 4 heteroatoms. The number of benzene rings is 1. The van der Waals surface area contributed by atoms with E-state index in [0.29, 0.717) is 5.92 Å². The highest BCUT2D eigenvalue weighted by atomic mass is 32.2. The zero-order valence-corrected chi connectivity index (χ0v) is 12.2. The third-order valence-electron chi connectivity index (χ3n) is 3.52. The van der Waals surface area contributed by atoms with Crippen molar-refractivity contribution in [3.05, 3.63) is 35.9 Å². The summed E-state index contributed by atoms with van der Waals surface area (Å²) in [5.41, 5.74) is 7.12. The molecule has 2 atom stereocenters. The van der Waals surface area contributed by atoms with Crippen LogP contribution in [0.4, 0.5) is 0 Å². The van der Waals surface area contributed by atoms with Crippen LogP contribution in [0.3, 0.4) is 0 Å². The van der Waals surface area contributed by atoms with Crippen LogP contribution in [0.1, 0.15) is 30.9 Å². The molecule has 0 heterocycles. The van der Waals surface area contributed by atoms with Gasteiger partial charge in [-0.05, 0) is 42.8 Å². The van der Waals surface area contributed by atoms with Gasteiger partial charge in [0.1, 0.15) is 0 Å². The van der Waals surface area contributed by atoms with Gasteiger partial charge in [0.2, 0.25) is 5.91 Å². The Morgan fingerprint density at radius 2 is 2.11 bits per heavy atom. The Hall–Kier alpha value is -1.00. The summed E-state index contributed by atoms with van der Waals surface area (Å²) >= 11 is 1.72. The van der Waals surface area contributed by atoms with Gasteiger partial charge in [-0.2, -0.15) is 11.8 Å². The molecule has 1 amide bonds. The largest absolute Gasteiger partial charge is 0.348 e. The van der Waals surface area contributed by atoms with E-state index < -0.39 is 6.04 Å². The van der Waals surface area contributed by atoms with Gasteiger partial charge in [0.15, 0.2) is 0 Å². The third kappa shape index (κ3) is 4.25. The van der Waals surface area contributed by atoms with Gasteiger partial charge in [0, 0.05) is 0 Å². The molecule has 104 valence electrons. The summed E-state index contributed by atoms with van der Waals surface area (Å²) in [4.78, 5) is 12.1. The first-order valence-corrected chi connectivity index (χ1v) is 8.21. The van der Waals surface area contributed by atoms with Crippen LogP contribution in [0.5, 0.6) is 0 Å². The SMILES string of the molecule is CSCC[C@@H](N)C(=O)NC(c1ccccc1)C1CC1. The first-order valence-electron chi connectivity index (χ1n) is 6.82. The van der Waals surface area contributed by atoms with Crippen LogP contribution in [0.25, 0.3) is 0 Å². The third-order valence-corrected chi connectivity index (χ3v) is 4.16. The minimum Gasteiger partial charge on any atom is -0.348 e. The fourth-order valence-electron chi connectivity index (χ4n) is 2.20. The molecule has 1 fully saturated rings. The van der Waals surface area contributed by atoms with E-state index in [1.54, 1.807) is 11.8 Å². The van der Waals surface area contributed by atoms with E-state index in [9.17, 15) is 4.79 Å². The van der Waals surface area contributed by atoms with E-state index in [4.69, 9.17) is 5.73 Å². The number of carbonyl (C=O) groups is 1. The summed E-state index contributed by atoms with van der Waals surface area (Å²) in [5.74, 6) is 1.49. The van der Waals surface area contributed by atoms with Crippen LogP contribution in [0, 0.1) is 5.92 Å². The number of carbonyl (C=O) groups excluding carboxylic acids is 1. The minimum atomic E-state index is -0.391. The molecule has 3 nitrogen and oxygen atoms in total. The molecule has 1 aromatic carbocycles. The summed E-state index contributed by atoms with van der Waals surface area (Å²) < 4.78 is 0. The molecule has 19 heavy (non-hydrogen) atoms. The second-order valence-corrected chi connectivity index (χ2v) is 6.11. The van der Waals surface area contributed by atoms with Crippen molar-refractivity contribution in [3.63, 3.8) is 0 Å². The molecule has 1 unspecified atom stereocenters. The van der Waals surface area contributed by atoms with E-state index in [1.807, 2.05) is 24.5 Å². The van der Waals surface area contributed by atoms with Crippen LogP contribution < -0.4 is 11.1 Å². The van der Waals surface area contributed by atoms with E-state index in [2.05, 4.69) is 17.4 Å². The van der Waals surface area contributed by atoms with E-state index in [0.717, 1.165) is 12.2 Å². The first-order chi connectivity index (χ1) is 9.22. The lowest BCUT2D eigenvalue weighted by molar-refractivity contribution is -0.123. The minimum absolute atomic E-state index is 0.0187. The van der Waals surface area contributed by atoms with Crippen molar-refractivity contribution in [1.29, 1.82) is 0 Å². The zero-order chi connectivity index (χ0) is 13.7. The number of nitrogens with two attached hydrogens (primary N) is 1. The molecule has 0 radical (unpaired) electrons. The van der Waals surface area contributed by atoms with Crippen molar-refractivity contribution in [1.82, 2.24) is 5.32 Å². The molecule has 1 saturated carbocycles. The quantitative estimate of drug-likeness (QED) is 0.805. The van der Waals surface area contributed by atoms with Crippen molar-refractivity contribution in [3.8, 4) is 0 Å². The molecule has 0 aliphatic heterocycles. The van der Waals surface area contributed by atoms with E-state index in [-0.39, 0.29) is 11.9 Å². The Morgan fingerprint density at radius 1 is 1.42 bits per heavy atom. The lowest BCUT2D eigenvalue weighted by atomic mass is 10.0. The van der Waals surface area contributed by atoms with Crippen molar-refractivity contribution < 1.29 is 4.79 Å². The molecule has 1 aliphatic rings. The Morgan fingerprint density at radius 3 is 2.68 bits per heavy atom. The summed E-state index contributed by atoms with van der Waals surface area (Å²) in [7, 11) is 0. The summed E-state index contributed by atoms with van der Waals surface area (Å²) in [6, 6.07) is 9.94. The predicted octanol–water partition coefficient (Wildman–Crippen LogP) is 2.33. The molecule has 2 rings (SSSR count). The second-order valence-electron chi connectivity index (χ2n) is 5.12. The molecular formula is C15H22N2OS. The highest BCUT2D eigenvalue weighted by molar-refractivity contribution is 7.98. The lowest BCUT2D eigenvalue weighted by Crippen LogP contribution is -2.43. The van der Waals surface area contributed by atoms with Gasteiger partial charge in [-0.25, -0.2) is 0 Å². The highest BCUT2D eigenvalue weighted by Crippen LogP contribution is 2.40. The van der Waals surface area contributed by atoms with Crippen LogP contribution in [-0.2, 0) is 4.79 Å². The Bertz CT molecular complexity index is 406. The molecule has 1 aliphatic carbocycles. The van der Waals surface area contributed by atoms with Crippen molar-refractivity contribution >= 4 is 17.7 Å². The number of nitrogens with one attached hydrogen (secondary N) is 1. The van der Waals surface area contributed by atoms with Gasteiger partial charge < -0.3 is 11.1 Å². The monoisotopic (exact) mass is 278 g/mol. The van der Waals surface area contributed by atoms with Crippen molar-refractivity contribution in [2.24, 2.45) is 11.7 Å². The second kappa shape index (κ2) is 6.96. The lowest BCUT2D eigenvalue weighted by Gasteiger charge is -2.21. The fourth-order valence-corrected chi connectivity index (χ4v) is 2.69. The molecule has 0 spiro atoms. The number of hydrogen-bond acceptors (Lipinski definition) is 3. The molecule has 0 aromatic heterocycles. The van der Waals surface area contributed by atoms with Crippen LogP contribution in [0.2, 0.25) is 0 Å². The topological polar surface area (TPSA) is 55.1 Å². The average Bonchev–Trinajstić information content (AvgIpc) is 3.27. The van der Waals surface area contributed by atoms with Crippen LogP contribution >= 0.6 is 11.8 Å². The Kier molecular flexibility index (Phi) is 5.28. The van der Waals surface area contributed by atoms with Crippen molar-refractivity contribution in [2.45, 2.75) is 31.3 Å². The highest BCUT2D eigenvalue weighted by Gasteiger charge is 2.34. The number of amides is 1. The van der Waals surface area contributed by atoms with Crippen LogP contribution in [-0.4, -0.2) is 24.0 Å². The Labute approximate surface area is 119 Å². The molecule has 3 N–H and O–H groups in total. The van der Waals surface area contributed by atoms with E-state index >= 15 is 0 Å². The molecule has 1 aromatic rings. The van der Waals surface area contributed by atoms with Gasteiger partial charge in [-0.1, -0.05) is 30.3 Å². The Balaban J connectivity index is 1.96. The van der Waals surface area contributed by atoms with Crippen molar-refractivity contribution in [2.75, 3.05) is 12.0 Å². The van der Waals surface area contributed by atoms with Gasteiger partial charge in [-0.3, -0.25) is 4.79 Å². The number of hydrogen-bond donors (Lipinski definition) is 2. The number of rotatable bonds is 7. The smallest absolute Gasteiger partial charge is 0.237 e. The molecule has 0 bridgehead atoms. The normalized spacial score (nSPS) is 17.8. The molecular weight excluding hydrogens is 256 g/mol. The molecule has 0 saturated heterocycles. The maximum absolute atomic E-state index is 12.1. The summed E-state index contributed by atoms with van der Waals surface area (Å²) in [6.07, 6.45) is 5.15. The maximum Gasteiger partial charge on any atom is 0.237 e. The predicted molar refractivity (Wildman–Crippen MR) is 81.0 cm³/mol. The maximum atomic E-state index is 12.1. The average molecular weight is 278 g/mol. The fraction of sp³-hybridized carbons (Fsp3) is 0.533. The van der Waals surface area contributed by atoms with Gasteiger partial charge in [0.05, 0.1) is 12.1 Å². The first kappa shape index (κ1) is 14.4. The summed E-state index contributed by atoms with van der Waals surface area (Å²) in [5, 5.41) is 3.13. The van der Waals surface area contributed by atoms with Gasteiger partial charge in [-0.15, -0.1) is 0 Å².